The number of carbonyl (C=O) groups excluding carboxylic acids is 1. The molecule has 0 aromatic rings. The van der Waals surface area contributed by atoms with Gasteiger partial charge in [-0.2, -0.15) is 0 Å². The Kier molecular flexibility index (Phi) is 4.92. The maximum Gasteiger partial charge on any atom is 0.410 e. The topological polar surface area (TPSA) is 29.5 Å². The van der Waals surface area contributed by atoms with E-state index in [-0.39, 0.29) is 12.2 Å². The predicted octanol–water partition coefficient (Wildman–Crippen LogP) is 3.19. The van der Waals surface area contributed by atoms with Gasteiger partial charge in [-0.3, -0.25) is 0 Å². The molecule has 1 amide bonds. The van der Waals surface area contributed by atoms with E-state index in [0.29, 0.717) is 6.04 Å². The zero-order valence-corrected chi connectivity index (χ0v) is 10.2. The minimum Gasteiger partial charge on any atom is -0.447 e. The molecule has 15 heavy (non-hydrogen) atoms. The highest BCUT2D eigenvalue weighted by molar-refractivity contribution is 5.68. The van der Waals surface area contributed by atoms with Crippen LogP contribution in [0.4, 0.5) is 4.79 Å². The van der Waals surface area contributed by atoms with Gasteiger partial charge < -0.3 is 9.64 Å². The van der Waals surface area contributed by atoms with Crippen molar-refractivity contribution in [1.82, 2.24) is 4.90 Å². The number of hydrogen-bond donors (Lipinski definition) is 0. The van der Waals surface area contributed by atoms with Crippen LogP contribution in [0.2, 0.25) is 0 Å². The standard InChI is InChI=1S/C12H23NO2/c1-4-7-11-8-5-6-9-13(11)12(14)15-10(2)3/h10-11H,4-9H2,1-3H3. The molecule has 1 atom stereocenters. The molecule has 0 saturated carbocycles. The van der Waals surface area contributed by atoms with E-state index in [9.17, 15) is 4.79 Å². The van der Waals surface area contributed by atoms with Crippen molar-refractivity contribution >= 4 is 6.09 Å². The van der Waals surface area contributed by atoms with Crippen LogP contribution in [0, 0.1) is 0 Å². The van der Waals surface area contributed by atoms with E-state index in [1.165, 1.54) is 6.42 Å². The van der Waals surface area contributed by atoms with Crippen LogP contribution in [0.25, 0.3) is 0 Å². The van der Waals surface area contributed by atoms with Gasteiger partial charge in [0, 0.05) is 12.6 Å². The maximum atomic E-state index is 11.8. The first-order valence-corrected chi connectivity index (χ1v) is 6.12. The van der Waals surface area contributed by atoms with Gasteiger partial charge in [-0.1, -0.05) is 13.3 Å². The van der Waals surface area contributed by atoms with Gasteiger partial charge >= 0.3 is 6.09 Å². The monoisotopic (exact) mass is 213 g/mol. The lowest BCUT2D eigenvalue weighted by atomic mass is 9.99. The first kappa shape index (κ1) is 12.3. The van der Waals surface area contributed by atoms with Crippen molar-refractivity contribution in [3.8, 4) is 0 Å². The average molecular weight is 213 g/mol. The lowest BCUT2D eigenvalue weighted by Crippen LogP contribution is -2.44. The molecule has 1 rings (SSSR count). The van der Waals surface area contributed by atoms with Crippen molar-refractivity contribution < 1.29 is 9.53 Å². The van der Waals surface area contributed by atoms with E-state index >= 15 is 0 Å². The van der Waals surface area contributed by atoms with Crippen LogP contribution < -0.4 is 0 Å². The predicted molar refractivity (Wildman–Crippen MR) is 60.9 cm³/mol. The van der Waals surface area contributed by atoms with Crippen molar-refractivity contribution in [2.75, 3.05) is 6.54 Å². The average Bonchev–Trinajstić information content (AvgIpc) is 2.18. The van der Waals surface area contributed by atoms with E-state index < -0.39 is 0 Å². The fourth-order valence-corrected chi connectivity index (χ4v) is 2.14. The molecule has 0 aromatic heterocycles. The summed E-state index contributed by atoms with van der Waals surface area (Å²) in [5.41, 5.74) is 0. The molecular formula is C12H23NO2. The molecular weight excluding hydrogens is 190 g/mol. The van der Waals surface area contributed by atoms with Crippen molar-refractivity contribution in [2.45, 2.75) is 65.0 Å². The summed E-state index contributed by atoms with van der Waals surface area (Å²) in [7, 11) is 0. The first-order valence-electron chi connectivity index (χ1n) is 6.12. The zero-order valence-electron chi connectivity index (χ0n) is 10.2. The number of hydrogen-bond acceptors (Lipinski definition) is 2. The fourth-order valence-electron chi connectivity index (χ4n) is 2.14. The van der Waals surface area contributed by atoms with Gasteiger partial charge in [0.25, 0.3) is 0 Å². The molecule has 3 heteroatoms. The molecule has 1 aliphatic rings. The summed E-state index contributed by atoms with van der Waals surface area (Å²) >= 11 is 0. The molecule has 0 spiro atoms. The lowest BCUT2D eigenvalue weighted by Gasteiger charge is -2.35. The van der Waals surface area contributed by atoms with E-state index in [1.807, 2.05) is 18.7 Å². The lowest BCUT2D eigenvalue weighted by molar-refractivity contribution is 0.0510. The van der Waals surface area contributed by atoms with Crippen molar-refractivity contribution in [2.24, 2.45) is 0 Å². The second kappa shape index (κ2) is 5.99. The molecule has 3 nitrogen and oxygen atoms in total. The maximum absolute atomic E-state index is 11.8. The Bertz CT molecular complexity index is 202. The van der Waals surface area contributed by atoms with Crippen molar-refractivity contribution in [3.63, 3.8) is 0 Å². The van der Waals surface area contributed by atoms with E-state index in [1.54, 1.807) is 0 Å². The fraction of sp³-hybridized carbons (Fsp3) is 0.917. The van der Waals surface area contributed by atoms with Crippen LogP contribution >= 0.6 is 0 Å². The van der Waals surface area contributed by atoms with Crippen LogP contribution in [-0.2, 0) is 4.74 Å². The largest absolute Gasteiger partial charge is 0.447 e. The number of rotatable bonds is 3. The van der Waals surface area contributed by atoms with Gasteiger partial charge in [0.2, 0.25) is 0 Å². The molecule has 1 aliphatic heterocycles. The van der Waals surface area contributed by atoms with Gasteiger partial charge in [-0.15, -0.1) is 0 Å². The van der Waals surface area contributed by atoms with Crippen LogP contribution in [-0.4, -0.2) is 29.7 Å². The molecule has 0 radical (unpaired) electrons. The summed E-state index contributed by atoms with van der Waals surface area (Å²) in [6.45, 7) is 6.84. The zero-order chi connectivity index (χ0) is 11.3. The van der Waals surface area contributed by atoms with Crippen LogP contribution in [0.5, 0.6) is 0 Å². The summed E-state index contributed by atoms with van der Waals surface area (Å²) in [6, 6.07) is 0.412. The summed E-state index contributed by atoms with van der Waals surface area (Å²) in [6.07, 6.45) is 5.61. The van der Waals surface area contributed by atoms with Crippen LogP contribution in [0.1, 0.15) is 52.9 Å². The number of carbonyl (C=O) groups is 1. The Labute approximate surface area is 92.8 Å². The van der Waals surface area contributed by atoms with Gasteiger partial charge in [-0.25, -0.2) is 4.79 Å². The Morgan fingerprint density at radius 1 is 1.47 bits per heavy atom. The Hall–Kier alpha value is -0.730. The summed E-state index contributed by atoms with van der Waals surface area (Å²) in [5.74, 6) is 0. The first-order chi connectivity index (χ1) is 7.15. The Morgan fingerprint density at radius 3 is 2.80 bits per heavy atom. The molecule has 1 heterocycles. The number of ether oxygens (including phenoxy) is 1. The highest BCUT2D eigenvalue weighted by Crippen LogP contribution is 2.21. The number of amides is 1. The summed E-state index contributed by atoms with van der Waals surface area (Å²) in [4.78, 5) is 13.7. The minimum atomic E-state index is -0.122. The summed E-state index contributed by atoms with van der Waals surface area (Å²) < 4.78 is 5.25. The van der Waals surface area contributed by atoms with Gasteiger partial charge in [0.05, 0.1) is 6.10 Å². The minimum absolute atomic E-state index is 0.0123. The highest BCUT2D eigenvalue weighted by Gasteiger charge is 2.27. The highest BCUT2D eigenvalue weighted by atomic mass is 16.6. The third-order valence-electron chi connectivity index (χ3n) is 2.82. The van der Waals surface area contributed by atoms with Gasteiger partial charge in [0.15, 0.2) is 0 Å². The van der Waals surface area contributed by atoms with E-state index in [0.717, 1.165) is 32.2 Å². The van der Waals surface area contributed by atoms with Crippen molar-refractivity contribution in [1.29, 1.82) is 0 Å². The van der Waals surface area contributed by atoms with E-state index in [2.05, 4.69) is 6.92 Å². The third kappa shape index (κ3) is 3.73. The van der Waals surface area contributed by atoms with Gasteiger partial charge in [0.1, 0.15) is 0 Å². The number of nitrogens with zero attached hydrogens (tertiary/aromatic N) is 1. The molecule has 0 N–H and O–H groups in total. The second-order valence-corrected chi connectivity index (χ2v) is 4.56. The Balaban J connectivity index is 2.51. The van der Waals surface area contributed by atoms with Crippen LogP contribution in [0.15, 0.2) is 0 Å². The van der Waals surface area contributed by atoms with Crippen molar-refractivity contribution in [3.05, 3.63) is 0 Å². The molecule has 1 fully saturated rings. The molecule has 88 valence electrons. The van der Waals surface area contributed by atoms with Crippen LogP contribution in [0.3, 0.4) is 0 Å². The number of likely N-dealkylation sites (tertiary alicyclic amines) is 1. The normalized spacial score (nSPS) is 21.9. The second-order valence-electron chi connectivity index (χ2n) is 4.56. The molecule has 0 bridgehead atoms. The molecule has 1 saturated heterocycles. The van der Waals surface area contributed by atoms with Gasteiger partial charge in [-0.05, 0) is 39.5 Å². The van der Waals surface area contributed by atoms with E-state index in [4.69, 9.17) is 4.74 Å². The third-order valence-corrected chi connectivity index (χ3v) is 2.82. The quantitative estimate of drug-likeness (QED) is 0.720. The molecule has 0 aliphatic carbocycles. The number of piperidine rings is 1. The molecule has 1 unspecified atom stereocenters. The smallest absolute Gasteiger partial charge is 0.410 e. The Morgan fingerprint density at radius 2 is 2.20 bits per heavy atom. The summed E-state index contributed by atoms with van der Waals surface area (Å²) in [5, 5.41) is 0. The SMILES string of the molecule is CCCC1CCCCN1C(=O)OC(C)C. The molecule has 0 aromatic carbocycles.